The third-order valence-corrected chi connectivity index (χ3v) is 4.79. The van der Waals surface area contributed by atoms with Crippen LogP contribution in [0.3, 0.4) is 0 Å². The Morgan fingerprint density at radius 2 is 2.00 bits per heavy atom. The van der Waals surface area contributed by atoms with Crippen molar-refractivity contribution in [3.63, 3.8) is 0 Å². The van der Waals surface area contributed by atoms with Crippen molar-refractivity contribution in [2.75, 3.05) is 0 Å². The van der Waals surface area contributed by atoms with Gasteiger partial charge in [0.15, 0.2) is 0 Å². The maximum absolute atomic E-state index is 12.7. The van der Waals surface area contributed by atoms with E-state index in [-0.39, 0.29) is 5.76 Å². The summed E-state index contributed by atoms with van der Waals surface area (Å²) in [6, 6.07) is 0.637. The number of alkyl halides is 3. The second kappa shape index (κ2) is 5.18. The minimum absolute atomic E-state index is 0.279. The summed E-state index contributed by atoms with van der Waals surface area (Å²) >= 11 is 0. The summed E-state index contributed by atoms with van der Waals surface area (Å²) in [7, 11) is -1.35. The average molecular weight is 309 g/mol. The molecule has 0 fully saturated rings. The topological polar surface area (TPSA) is 42.2 Å². The SMILES string of the molecule is CC(C)(C)S(=O)NC1CCCc2cc(C(F)(F)F)oc21. The Hall–Kier alpha value is -0.820. The Kier molecular flexibility index (Phi) is 4.03. The van der Waals surface area contributed by atoms with Crippen LogP contribution in [0.4, 0.5) is 13.2 Å². The maximum Gasteiger partial charge on any atom is 0.449 e. The molecule has 2 atom stereocenters. The summed E-state index contributed by atoms with van der Waals surface area (Å²) in [6.07, 6.45) is -2.54. The van der Waals surface area contributed by atoms with Crippen LogP contribution in [0, 0.1) is 0 Å². The standard InChI is InChI=1S/C13H18F3NO2S/c1-12(2,3)20(18)17-9-6-4-5-8-7-10(13(14,15)16)19-11(8)9/h7,9,17H,4-6H2,1-3H3. The highest BCUT2D eigenvalue weighted by Gasteiger charge is 2.38. The highest BCUT2D eigenvalue weighted by Crippen LogP contribution is 2.38. The van der Waals surface area contributed by atoms with Gasteiger partial charge < -0.3 is 4.42 Å². The van der Waals surface area contributed by atoms with Gasteiger partial charge >= 0.3 is 6.18 Å². The molecule has 0 aromatic carbocycles. The molecule has 0 saturated carbocycles. The van der Waals surface area contributed by atoms with Gasteiger partial charge in [-0.05, 0) is 51.7 Å². The number of aryl methyl sites for hydroxylation is 1. The van der Waals surface area contributed by atoms with Crippen molar-refractivity contribution in [3.8, 4) is 0 Å². The van der Waals surface area contributed by atoms with Crippen LogP contribution in [0.1, 0.15) is 56.7 Å². The summed E-state index contributed by atoms with van der Waals surface area (Å²) in [5.74, 6) is -0.695. The molecule has 1 aromatic heterocycles. The Morgan fingerprint density at radius 1 is 1.35 bits per heavy atom. The molecule has 1 heterocycles. The molecule has 2 unspecified atom stereocenters. The van der Waals surface area contributed by atoms with Gasteiger partial charge in [-0.1, -0.05) is 0 Å². The summed E-state index contributed by atoms with van der Waals surface area (Å²) in [6.45, 7) is 5.43. The zero-order valence-corrected chi connectivity index (χ0v) is 12.5. The second-order valence-corrected chi connectivity index (χ2v) is 7.94. The number of halogens is 3. The number of fused-ring (bicyclic) bond motifs is 1. The molecule has 0 radical (unpaired) electrons. The van der Waals surface area contributed by atoms with Gasteiger partial charge in [-0.3, -0.25) is 0 Å². The Labute approximate surface area is 118 Å². The molecule has 0 amide bonds. The minimum Gasteiger partial charge on any atom is -0.455 e. The first-order valence-electron chi connectivity index (χ1n) is 6.47. The van der Waals surface area contributed by atoms with Gasteiger partial charge in [0.2, 0.25) is 5.76 Å². The first-order valence-corrected chi connectivity index (χ1v) is 7.62. The van der Waals surface area contributed by atoms with Crippen LogP contribution in [0.2, 0.25) is 0 Å². The quantitative estimate of drug-likeness (QED) is 0.904. The number of rotatable bonds is 2. The number of hydrogen-bond acceptors (Lipinski definition) is 2. The van der Waals surface area contributed by atoms with E-state index in [1.165, 1.54) is 0 Å². The minimum atomic E-state index is -4.48. The van der Waals surface area contributed by atoms with Crippen molar-refractivity contribution in [1.82, 2.24) is 4.72 Å². The fourth-order valence-corrected chi connectivity index (χ4v) is 2.96. The molecule has 20 heavy (non-hydrogen) atoms. The van der Waals surface area contributed by atoms with E-state index in [1.54, 1.807) is 0 Å². The molecular weight excluding hydrogens is 291 g/mol. The van der Waals surface area contributed by atoms with Crippen molar-refractivity contribution < 1.29 is 21.8 Å². The molecule has 0 saturated heterocycles. The van der Waals surface area contributed by atoms with Gasteiger partial charge in [-0.15, -0.1) is 0 Å². The van der Waals surface area contributed by atoms with Crippen LogP contribution in [0.5, 0.6) is 0 Å². The molecule has 0 aliphatic heterocycles. The van der Waals surface area contributed by atoms with Crippen LogP contribution in [-0.2, 0) is 23.6 Å². The largest absolute Gasteiger partial charge is 0.455 e. The third-order valence-electron chi connectivity index (χ3n) is 3.18. The zero-order chi connectivity index (χ0) is 15.1. The van der Waals surface area contributed by atoms with Gasteiger partial charge in [-0.2, -0.15) is 13.2 Å². The van der Waals surface area contributed by atoms with E-state index in [0.717, 1.165) is 12.5 Å². The number of hydrogen-bond donors (Lipinski definition) is 1. The van der Waals surface area contributed by atoms with Gasteiger partial charge in [0.05, 0.1) is 21.8 Å². The highest BCUT2D eigenvalue weighted by atomic mass is 32.2. The molecule has 0 spiro atoms. The Bertz CT molecular complexity index is 517. The first-order chi connectivity index (χ1) is 9.09. The monoisotopic (exact) mass is 309 g/mol. The van der Waals surface area contributed by atoms with Crippen molar-refractivity contribution in [3.05, 3.63) is 23.2 Å². The van der Waals surface area contributed by atoms with Crippen molar-refractivity contribution >= 4 is 11.0 Å². The lowest BCUT2D eigenvalue weighted by Crippen LogP contribution is -2.36. The second-order valence-electron chi connectivity index (χ2n) is 5.94. The summed E-state index contributed by atoms with van der Waals surface area (Å²) in [5, 5.41) is 0. The van der Waals surface area contributed by atoms with Crippen LogP contribution >= 0.6 is 0 Å². The predicted octanol–water partition coefficient (Wildman–Crippen LogP) is 3.73. The molecule has 0 bridgehead atoms. The van der Waals surface area contributed by atoms with E-state index in [9.17, 15) is 17.4 Å². The van der Waals surface area contributed by atoms with Gasteiger partial charge in [0, 0.05) is 0 Å². The molecule has 1 aliphatic rings. The zero-order valence-electron chi connectivity index (χ0n) is 11.6. The summed E-state index contributed by atoms with van der Waals surface area (Å²) < 4.78 is 57.5. The Morgan fingerprint density at radius 3 is 2.55 bits per heavy atom. The number of nitrogens with one attached hydrogen (secondary N) is 1. The maximum atomic E-state index is 12.7. The van der Waals surface area contributed by atoms with E-state index in [4.69, 9.17) is 4.42 Å². The fraction of sp³-hybridized carbons (Fsp3) is 0.692. The van der Waals surface area contributed by atoms with Crippen molar-refractivity contribution in [1.29, 1.82) is 0 Å². The average Bonchev–Trinajstić information content (AvgIpc) is 2.72. The Balaban J connectivity index is 2.25. The predicted molar refractivity (Wildman–Crippen MR) is 70.4 cm³/mol. The molecule has 1 aliphatic carbocycles. The highest BCUT2D eigenvalue weighted by molar-refractivity contribution is 7.84. The molecule has 1 aromatic rings. The van der Waals surface area contributed by atoms with Crippen LogP contribution in [-0.4, -0.2) is 8.96 Å². The fourth-order valence-electron chi connectivity index (χ4n) is 2.12. The molecule has 2 rings (SSSR count). The van der Waals surface area contributed by atoms with Crippen LogP contribution in [0.25, 0.3) is 0 Å². The summed E-state index contributed by atoms with van der Waals surface area (Å²) in [4.78, 5) is 0. The van der Waals surface area contributed by atoms with Gasteiger partial charge in [-0.25, -0.2) is 8.93 Å². The number of furan rings is 1. The van der Waals surface area contributed by atoms with Crippen molar-refractivity contribution in [2.45, 2.75) is 57.0 Å². The summed E-state index contributed by atoms with van der Waals surface area (Å²) in [5.41, 5.74) is 0.562. The van der Waals surface area contributed by atoms with Crippen LogP contribution < -0.4 is 4.72 Å². The van der Waals surface area contributed by atoms with E-state index < -0.39 is 33.7 Å². The van der Waals surface area contributed by atoms with E-state index in [0.29, 0.717) is 18.4 Å². The molecular formula is C13H18F3NO2S. The molecule has 3 nitrogen and oxygen atoms in total. The van der Waals surface area contributed by atoms with Crippen molar-refractivity contribution in [2.24, 2.45) is 0 Å². The van der Waals surface area contributed by atoms with Gasteiger partial charge in [0.1, 0.15) is 5.76 Å². The van der Waals surface area contributed by atoms with E-state index in [2.05, 4.69) is 4.72 Å². The smallest absolute Gasteiger partial charge is 0.449 e. The van der Waals surface area contributed by atoms with E-state index >= 15 is 0 Å². The first kappa shape index (κ1) is 15.6. The molecule has 7 heteroatoms. The van der Waals surface area contributed by atoms with Crippen LogP contribution in [0.15, 0.2) is 10.5 Å². The third kappa shape index (κ3) is 3.25. The normalized spacial score (nSPS) is 21.6. The molecule has 114 valence electrons. The molecule has 1 N–H and O–H groups in total. The lowest BCUT2D eigenvalue weighted by atomic mass is 9.95. The lowest BCUT2D eigenvalue weighted by Gasteiger charge is -2.26. The lowest BCUT2D eigenvalue weighted by molar-refractivity contribution is -0.153. The van der Waals surface area contributed by atoms with Gasteiger partial charge in [0.25, 0.3) is 0 Å². The van der Waals surface area contributed by atoms with E-state index in [1.807, 2.05) is 20.8 Å².